The van der Waals surface area contributed by atoms with Gasteiger partial charge in [-0.1, -0.05) is 11.3 Å². The third-order valence-electron chi connectivity index (χ3n) is 3.93. The van der Waals surface area contributed by atoms with Crippen molar-refractivity contribution in [2.75, 3.05) is 5.32 Å². The molecule has 1 aliphatic rings. The molecule has 3 heterocycles. The van der Waals surface area contributed by atoms with Gasteiger partial charge in [-0.3, -0.25) is 4.21 Å². The maximum absolute atomic E-state index is 10.7. The van der Waals surface area contributed by atoms with E-state index in [2.05, 4.69) is 30.2 Å². The molecular formula is C13H13N6O2S2-. The molecule has 3 aromatic heterocycles. The highest BCUT2D eigenvalue weighted by molar-refractivity contribution is 7.77. The molecule has 1 aliphatic carbocycles. The third kappa shape index (κ3) is 2.85. The van der Waals surface area contributed by atoms with Gasteiger partial charge in [0.05, 0.1) is 11.3 Å². The van der Waals surface area contributed by atoms with Crippen molar-refractivity contribution in [1.82, 2.24) is 24.9 Å². The maximum atomic E-state index is 10.7. The number of pyridine rings is 1. The van der Waals surface area contributed by atoms with Gasteiger partial charge in [-0.15, -0.1) is 10.2 Å². The molecule has 4 rings (SSSR count). The van der Waals surface area contributed by atoms with Gasteiger partial charge in [0.2, 0.25) is 0 Å². The average molecular weight is 349 g/mol. The summed E-state index contributed by atoms with van der Waals surface area (Å²) < 4.78 is 23.8. The molecule has 1 atom stereocenters. The van der Waals surface area contributed by atoms with Gasteiger partial charge in [-0.2, -0.15) is 0 Å². The van der Waals surface area contributed by atoms with Crippen molar-refractivity contribution >= 4 is 39.3 Å². The molecule has 0 aliphatic heterocycles. The van der Waals surface area contributed by atoms with Crippen molar-refractivity contribution in [1.29, 1.82) is 0 Å². The first kappa shape index (κ1) is 14.7. The van der Waals surface area contributed by atoms with Gasteiger partial charge < -0.3 is 14.9 Å². The van der Waals surface area contributed by atoms with Crippen LogP contribution in [0.2, 0.25) is 0 Å². The first-order valence-electron chi connectivity index (χ1n) is 7.05. The highest BCUT2D eigenvalue weighted by Crippen LogP contribution is 2.36. The van der Waals surface area contributed by atoms with E-state index in [-0.39, 0.29) is 12.1 Å². The summed E-state index contributed by atoms with van der Waals surface area (Å²) in [6, 6.07) is 2.18. The van der Waals surface area contributed by atoms with Crippen LogP contribution in [0.25, 0.3) is 21.6 Å². The summed E-state index contributed by atoms with van der Waals surface area (Å²) in [7, 11) is 0. The molecule has 1 fully saturated rings. The molecule has 1 saturated carbocycles. The number of hydrogen-bond acceptors (Lipinski definition) is 7. The predicted octanol–water partition coefficient (Wildman–Crippen LogP) is 1.41. The Labute approximate surface area is 138 Å². The van der Waals surface area contributed by atoms with Crippen molar-refractivity contribution < 1.29 is 8.76 Å². The van der Waals surface area contributed by atoms with Crippen LogP contribution in [0, 0.1) is 0 Å². The summed E-state index contributed by atoms with van der Waals surface area (Å²) in [5, 5.41) is 13.3. The Kier molecular flexibility index (Phi) is 3.81. The van der Waals surface area contributed by atoms with Crippen LogP contribution in [-0.4, -0.2) is 41.0 Å². The van der Waals surface area contributed by atoms with Gasteiger partial charge in [0.15, 0.2) is 5.01 Å². The van der Waals surface area contributed by atoms with Crippen molar-refractivity contribution in [2.45, 2.75) is 24.9 Å². The molecule has 8 nitrogen and oxygen atoms in total. The van der Waals surface area contributed by atoms with Crippen molar-refractivity contribution in [3.8, 4) is 10.6 Å². The Morgan fingerprint density at radius 1 is 1.39 bits per heavy atom. The van der Waals surface area contributed by atoms with Gasteiger partial charge in [0.1, 0.15) is 11.2 Å². The van der Waals surface area contributed by atoms with Gasteiger partial charge in [-0.05, 0) is 18.9 Å². The fourth-order valence-electron chi connectivity index (χ4n) is 2.79. The first-order valence-corrected chi connectivity index (χ1v) is 9.01. The Balaban J connectivity index is 1.62. The normalized spacial score (nSPS) is 22.0. The van der Waals surface area contributed by atoms with E-state index in [9.17, 15) is 8.76 Å². The second-order valence-corrected chi connectivity index (χ2v) is 6.93. The molecule has 23 heavy (non-hydrogen) atoms. The van der Waals surface area contributed by atoms with E-state index in [1.54, 1.807) is 11.7 Å². The molecule has 1 unspecified atom stereocenters. The number of anilines is 1. The smallest absolute Gasteiger partial charge is 0.151 e. The van der Waals surface area contributed by atoms with E-state index in [1.165, 1.54) is 11.3 Å². The largest absolute Gasteiger partial charge is 0.760 e. The van der Waals surface area contributed by atoms with E-state index >= 15 is 0 Å². The van der Waals surface area contributed by atoms with E-state index in [4.69, 9.17) is 0 Å². The summed E-state index contributed by atoms with van der Waals surface area (Å²) >= 11 is -0.753. The molecule has 0 aromatic carbocycles. The van der Waals surface area contributed by atoms with Crippen LogP contribution in [0.3, 0.4) is 0 Å². The standard InChI is InChI=1S/C13H14N6O2S2/c20-23(21)19-8-3-7(4-8)17-11-9-1-2-14-12(9)15-5-10(11)13-18-16-6-22-13/h1-2,5-8,19H,3-4H2,(H,20,21)(H2,14,15,17)/p-1. The molecule has 0 radical (unpaired) electrons. The Hall–Kier alpha value is -1.88. The topological polar surface area (TPSA) is 119 Å². The van der Waals surface area contributed by atoms with E-state index in [0.29, 0.717) is 0 Å². The second-order valence-electron chi connectivity index (χ2n) is 5.39. The number of rotatable bonds is 5. The highest BCUT2D eigenvalue weighted by atomic mass is 32.2. The van der Waals surface area contributed by atoms with Crippen molar-refractivity contribution in [3.63, 3.8) is 0 Å². The molecule has 0 amide bonds. The van der Waals surface area contributed by atoms with Gasteiger partial charge >= 0.3 is 0 Å². The second kappa shape index (κ2) is 5.96. The zero-order valence-electron chi connectivity index (χ0n) is 11.9. The Morgan fingerprint density at radius 2 is 2.26 bits per heavy atom. The minimum atomic E-state index is -2.21. The minimum Gasteiger partial charge on any atom is -0.760 e. The van der Waals surface area contributed by atoms with Gasteiger partial charge in [0.25, 0.3) is 0 Å². The highest BCUT2D eigenvalue weighted by Gasteiger charge is 2.30. The summed E-state index contributed by atoms with van der Waals surface area (Å²) in [5.41, 5.74) is 4.35. The minimum absolute atomic E-state index is 0.000587. The molecule has 0 spiro atoms. The van der Waals surface area contributed by atoms with Crippen LogP contribution >= 0.6 is 11.3 Å². The molecule has 3 aromatic rings. The number of hydrogen-bond donors (Lipinski definition) is 3. The number of aromatic nitrogens is 4. The van der Waals surface area contributed by atoms with Crippen LogP contribution in [0.4, 0.5) is 5.69 Å². The molecule has 0 saturated heterocycles. The van der Waals surface area contributed by atoms with E-state index in [0.717, 1.165) is 40.1 Å². The van der Waals surface area contributed by atoms with Crippen molar-refractivity contribution in [3.05, 3.63) is 24.0 Å². The molecule has 3 N–H and O–H groups in total. The van der Waals surface area contributed by atoms with Gasteiger partial charge in [-0.25, -0.2) is 9.71 Å². The fraction of sp³-hybridized carbons (Fsp3) is 0.308. The first-order chi connectivity index (χ1) is 11.2. The summed E-state index contributed by atoms with van der Waals surface area (Å²) in [6.45, 7) is 0. The van der Waals surface area contributed by atoms with Crippen LogP contribution in [-0.2, 0) is 11.3 Å². The van der Waals surface area contributed by atoms with Crippen molar-refractivity contribution in [2.24, 2.45) is 0 Å². The molecular weight excluding hydrogens is 336 g/mol. The molecule has 120 valence electrons. The lowest BCUT2D eigenvalue weighted by molar-refractivity contribution is 0.342. The quantitative estimate of drug-likeness (QED) is 0.599. The van der Waals surface area contributed by atoms with E-state index < -0.39 is 11.3 Å². The van der Waals surface area contributed by atoms with E-state index in [1.807, 2.05) is 12.3 Å². The number of H-pyrrole nitrogens is 1. The Bertz CT molecular complexity index is 843. The lowest BCUT2D eigenvalue weighted by Gasteiger charge is -2.37. The van der Waals surface area contributed by atoms with Crippen LogP contribution < -0.4 is 10.0 Å². The average Bonchev–Trinajstić information content (AvgIpc) is 3.15. The Morgan fingerprint density at radius 3 is 3.00 bits per heavy atom. The van der Waals surface area contributed by atoms with Crippen LogP contribution in [0.15, 0.2) is 24.0 Å². The van der Waals surface area contributed by atoms with Gasteiger partial charge in [0, 0.05) is 41.1 Å². The van der Waals surface area contributed by atoms with Crippen LogP contribution in [0.1, 0.15) is 12.8 Å². The summed E-state index contributed by atoms with van der Waals surface area (Å²) in [5.74, 6) is 0. The zero-order valence-corrected chi connectivity index (χ0v) is 13.5. The zero-order chi connectivity index (χ0) is 15.8. The third-order valence-corrected chi connectivity index (χ3v) is 5.18. The fourth-order valence-corrected chi connectivity index (χ4v) is 3.82. The maximum Gasteiger partial charge on any atom is 0.151 e. The molecule has 0 bridgehead atoms. The SMILES string of the molecule is O=S([O-])NC1CC(Nc2c(-c3nncs3)cnc3[nH]ccc23)C1. The monoisotopic (exact) mass is 349 g/mol. The summed E-state index contributed by atoms with van der Waals surface area (Å²) in [4.78, 5) is 7.51. The number of nitrogens with zero attached hydrogens (tertiary/aromatic N) is 3. The number of aromatic amines is 1. The summed E-state index contributed by atoms with van der Waals surface area (Å²) in [6.07, 6.45) is 5.12. The lowest BCUT2D eigenvalue weighted by atomic mass is 9.87. The number of fused-ring (bicyclic) bond motifs is 1. The number of nitrogens with one attached hydrogen (secondary N) is 3. The predicted molar refractivity (Wildman–Crippen MR) is 87.5 cm³/mol. The molecule has 10 heteroatoms. The van der Waals surface area contributed by atoms with Crippen LogP contribution in [0.5, 0.6) is 0 Å². The lowest BCUT2D eigenvalue weighted by Crippen LogP contribution is -2.48.